The first-order valence-corrected chi connectivity index (χ1v) is 5.43. The van der Waals surface area contributed by atoms with Gasteiger partial charge in [-0.2, -0.15) is 0 Å². The lowest BCUT2D eigenvalue weighted by molar-refractivity contribution is -0.142. The molecule has 1 aromatic rings. The number of carboxylic acid groups (broad SMARTS) is 1. The summed E-state index contributed by atoms with van der Waals surface area (Å²) >= 11 is 0. The van der Waals surface area contributed by atoms with E-state index >= 15 is 0 Å². The maximum absolute atomic E-state index is 11.2. The Morgan fingerprint density at radius 3 is 2.81 bits per heavy atom. The molecule has 1 aliphatic heterocycles. The zero-order chi connectivity index (χ0) is 11.9. The van der Waals surface area contributed by atoms with Crippen molar-refractivity contribution in [1.82, 2.24) is 0 Å². The summed E-state index contributed by atoms with van der Waals surface area (Å²) in [6.45, 7) is 6.21. The molecule has 0 radical (unpaired) electrons. The SMILES string of the molecule is CC1COc2ccc(C(C)(C)C(=O)O)cc21. The molecule has 3 nitrogen and oxygen atoms in total. The molecule has 0 aromatic heterocycles. The topological polar surface area (TPSA) is 46.5 Å². The highest BCUT2D eigenvalue weighted by Crippen LogP contribution is 2.36. The van der Waals surface area contributed by atoms with E-state index in [1.165, 1.54) is 0 Å². The van der Waals surface area contributed by atoms with Gasteiger partial charge in [-0.05, 0) is 25.5 Å². The van der Waals surface area contributed by atoms with E-state index in [0.717, 1.165) is 16.9 Å². The first-order chi connectivity index (χ1) is 7.43. The minimum atomic E-state index is -0.850. The van der Waals surface area contributed by atoms with Gasteiger partial charge in [0.05, 0.1) is 12.0 Å². The van der Waals surface area contributed by atoms with Gasteiger partial charge in [-0.25, -0.2) is 0 Å². The van der Waals surface area contributed by atoms with Crippen LogP contribution in [-0.4, -0.2) is 17.7 Å². The van der Waals surface area contributed by atoms with Crippen LogP contribution in [0.15, 0.2) is 18.2 Å². The molecule has 0 fully saturated rings. The van der Waals surface area contributed by atoms with Crippen LogP contribution in [-0.2, 0) is 10.2 Å². The van der Waals surface area contributed by atoms with Gasteiger partial charge in [-0.15, -0.1) is 0 Å². The second kappa shape index (κ2) is 3.51. The third kappa shape index (κ3) is 1.56. The van der Waals surface area contributed by atoms with Crippen molar-refractivity contribution < 1.29 is 14.6 Å². The average Bonchev–Trinajstić information content (AvgIpc) is 2.60. The van der Waals surface area contributed by atoms with Crippen molar-refractivity contribution >= 4 is 5.97 Å². The standard InChI is InChI=1S/C13H16O3/c1-8-7-16-11-5-4-9(6-10(8)11)13(2,3)12(14)15/h4-6,8H,7H2,1-3H3,(H,14,15). The number of ether oxygens (including phenoxy) is 1. The average molecular weight is 220 g/mol. The van der Waals surface area contributed by atoms with E-state index in [1.807, 2.05) is 18.2 Å². The van der Waals surface area contributed by atoms with Crippen molar-refractivity contribution in [3.63, 3.8) is 0 Å². The molecule has 86 valence electrons. The van der Waals surface area contributed by atoms with E-state index in [1.54, 1.807) is 13.8 Å². The normalized spacial score (nSPS) is 19.1. The molecule has 1 aromatic carbocycles. The highest BCUT2D eigenvalue weighted by Gasteiger charge is 2.31. The van der Waals surface area contributed by atoms with E-state index in [9.17, 15) is 9.90 Å². The number of rotatable bonds is 2. The number of benzene rings is 1. The fourth-order valence-electron chi connectivity index (χ4n) is 1.88. The Hall–Kier alpha value is -1.51. The fraction of sp³-hybridized carbons (Fsp3) is 0.462. The summed E-state index contributed by atoms with van der Waals surface area (Å²) in [6, 6.07) is 5.67. The lowest BCUT2D eigenvalue weighted by atomic mass is 9.83. The monoisotopic (exact) mass is 220 g/mol. The predicted molar refractivity (Wildman–Crippen MR) is 61.0 cm³/mol. The first-order valence-electron chi connectivity index (χ1n) is 5.43. The summed E-state index contributed by atoms with van der Waals surface area (Å²) in [5.74, 6) is 0.427. The Labute approximate surface area is 95.0 Å². The van der Waals surface area contributed by atoms with Crippen molar-refractivity contribution in [2.75, 3.05) is 6.61 Å². The number of hydrogen-bond acceptors (Lipinski definition) is 2. The first kappa shape index (κ1) is 11.0. The van der Waals surface area contributed by atoms with Gasteiger partial charge in [0.25, 0.3) is 0 Å². The van der Waals surface area contributed by atoms with Crippen molar-refractivity contribution in [2.45, 2.75) is 32.1 Å². The molecular weight excluding hydrogens is 204 g/mol. The molecule has 2 rings (SSSR count). The van der Waals surface area contributed by atoms with E-state index < -0.39 is 11.4 Å². The third-order valence-electron chi connectivity index (χ3n) is 3.29. The molecule has 1 heterocycles. The largest absolute Gasteiger partial charge is 0.493 e. The van der Waals surface area contributed by atoms with Crippen LogP contribution >= 0.6 is 0 Å². The number of carboxylic acids is 1. The van der Waals surface area contributed by atoms with E-state index in [4.69, 9.17) is 4.74 Å². The van der Waals surface area contributed by atoms with Gasteiger partial charge in [0.2, 0.25) is 0 Å². The fourth-order valence-corrected chi connectivity index (χ4v) is 1.88. The Morgan fingerprint density at radius 1 is 1.50 bits per heavy atom. The van der Waals surface area contributed by atoms with Gasteiger partial charge in [0.1, 0.15) is 5.75 Å². The van der Waals surface area contributed by atoms with Gasteiger partial charge in [-0.1, -0.05) is 19.1 Å². The third-order valence-corrected chi connectivity index (χ3v) is 3.29. The molecule has 0 saturated carbocycles. The maximum Gasteiger partial charge on any atom is 0.313 e. The molecular formula is C13H16O3. The quantitative estimate of drug-likeness (QED) is 0.833. The van der Waals surface area contributed by atoms with Crippen molar-refractivity contribution in [3.8, 4) is 5.75 Å². The van der Waals surface area contributed by atoms with Crippen LogP contribution in [0, 0.1) is 0 Å². The van der Waals surface area contributed by atoms with Gasteiger partial charge in [0, 0.05) is 11.5 Å². The highest BCUT2D eigenvalue weighted by atomic mass is 16.5. The Kier molecular flexibility index (Phi) is 2.41. The van der Waals surface area contributed by atoms with Crippen molar-refractivity contribution in [2.24, 2.45) is 0 Å². The van der Waals surface area contributed by atoms with Gasteiger partial charge >= 0.3 is 5.97 Å². The molecule has 3 heteroatoms. The molecule has 0 bridgehead atoms. The number of fused-ring (bicyclic) bond motifs is 1. The second-order valence-electron chi connectivity index (χ2n) is 4.89. The van der Waals surface area contributed by atoms with Crippen LogP contribution in [0.4, 0.5) is 0 Å². The minimum absolute atomic E-state index is 0.347. The highest BCUT2D eigenvalue weighted by molar-refractivity contribution is 5.80. The minimum Gasteiger partial charge on any atom is -0.493 e. The summed E-state index contributed by atoms with van der Waals surface area (Å²) in [4.78, 5) is 11.2. The predicted octanol–water partition coefficient (Wildman–Crippen LogP) is 2.54. The Bertz CT molecular complexity index is 435. The molecule has 0 saturated heterocycles. The van der Waals surface area contributed by atoms with E-state index in [0.29, 0.717) is 12.5 Å². The summed E-state index contributed by atoms with van der Waals surface area (Å²) < 4.78 is 5.49. The molecule has 0 aliphatic carbocycles. The molecule has 0 spiro atoms. The summed E-state index contributed by atoms with van der Waals surface area (Å²) in [7, 11) is 0. The van der Waals surface area contributed by atoms with Gasteiger partial charge in [-0.3, -0.25) is 4.79 Å². The number of carbonyl (C=O) groups is 1. The van der Waals surface area contributed by atoms with Crippen LogP contribution in [0.1, 0.15) is 37.8 Å². The number of hydrogen-bond donors (Lipinski definition) is 1. The zero-order valence-corrected chi connectivity index (χ0v) is 9.78. The van der Waals surface area contributed by atoms with E-state index in [2.05, 4.69) is 6.92 Å². The Morgan fingerprint density at radius 2 is 2.19 bits per heavy atom. The Balaban J connectivity index is 2.46. The lowest BCUT2D eigenvalue weighted by Gasteiger charge is -2.20. The van der Waals surface area contributed by atoms with Crippen LogP contribution in [0.5, 0.6) is 5.75 Å². The van der Waals surface area contributed by atoms with Crippen LogP contribution in [0.3, 0.4) is 0 Å². The second-order valence-corrected chi connectivity index (χ2v) is 4.89. The van der Waals surface area contributed by atoms with Crippen LogP contribution in [0.2, 0.25) is 0 Å². The van der Waals surface area contributed by atoms with Crippen molar-refractivity contribution in [3.05, 3.63) is 29.3 Å². The molecule has 1 N–H and O–H groups in total. The molecule has 0 amide bonds. The summed E-state index contributed by atoms with van der Waals surface area (Å²) in [5.41, 5.74) is 1.10. The summed E-state index contributed by atoms with van der Waals surface area (Å²) in [5, 5.41) is 9.18. The van der Waals surface area contributed by atoms with Crippen LogP contribution in [0.25, 0.3) is 0 Å². The molecule has 16 heavy (non-hydrogen) atoms. The molecule has 1 atom stereocenters. The van der Waals surface area contributed by atoms with Crippen molar-refractivity contribution in [1.29, 1.82) is 0 Å². The smallest absolute Gasteiger partial charge is 0.313 e. The maximum atomic E-state index is 11.2. The lowest BCUT2D eigenvalue weighted by Crippen LogP contribution is -2.28. The molecule has 1 unspecified atom stereocenters. The van der Waals surface area contributed by atoms with Gasteiger partial charge < -0.3 is 9.84 Å². The summed E-state index contributed by atoms with van der Waals surface area (Å²) in [6.07, 6.45) is 0. The van der Waals surface area contributed by atoms with E-state index in [-0.39, 0.29) is 0 Å². The number of aliphatic carboxylic acids is 1. The molecule has 1 aliphatic rings. The zero-order valence-electron chi connectivity index (χ0n) is 9.78. The van der Waals surface area contributed by atoms with Crippen LogP contribution < -0.4 is 4.74 Å². The van der Waals surface area contributed by atoms with Gasteiger partial charge in [0.15, 0.2) is 0 Å².